The molecule has 3 N–H and O–H groups in total. The zero-order chi connectivity index (χ0) is 22.6. The number of amides is 3. The van der Waals surface area contributed by atoms with E-state index >= 15 is 0 Å². The molecule has 0 spiro atoms. The first-order chi connectivity index (χ1) is 14.9. The number of thiazole rings is 1. The third-order valence-corrected chi connectivity index (χ3v) is 6.98. The predicted molar refractivity (Wildman–Crippen MR) is 113 cm³/mol. The van der Waals surface area contributed by atoms with Gasteiger partial charge in [0.15, 0.2) is 17.5 Å². The molecule has 0 saturated carbocycles. The van der Waals surface area contributed by atoms with E-state index in [1.165, 1.54) is 28.1 Å². The highest BCUT2D eigenvalue weighted by atomic mass is 32.2. The number of carboxylic acid groups (broad SMARTS) is 1. The minimum Gasteiger partial charge on any atom is -0.481 e. The summed E-state index contributed by atoms with van der Waals surface area (Å²) in [5.41, 5.74) is -1.33. The summed E-state index contributed by atoms with van der Waals surface area (Å²) in [5.74, 6) is 0.229. The van der Waals surface area contributed by atoms with Crippen LogP contribution in [0.3, 0.4) is 0 Å². The Morgan fingerprint density at radius 3 is 3.00 bits per heavy atom. The van der Waals surface area contributed by atoms with E-state index in [-0.39, 0.29) is 35.4 Å². The lowest BCUT2D eigenvalue weighted by Crippen LogP contribution is -2.73. The molecule has 2 aliphatic rings. The van der Waals surface area contributed by atoms with E-state index in [1.807, 2.05) is 0 Å². The molecule has 0 bridgehead atoms. The second-order valence-corrected chi connectivity index (χ2v) is 8.46. The standard InChI is InChI=1S/C18H17N5O6S2/c1-3-5-29-22-11(10-6-30-17(20-10)19-9-24)13(25)21-12-14(26)23-7-18(4-2,16(27)28)8-31-15(12)23/h1,4,6,9,12,15H,2,5,7-8H2,(H,21,25)(H,27,28)(H,19,20,24)/t12?,15-,18?/m1/s1. The second-order valence-electron chi connectivity index (χ2n) is 6.50. The molecule has 1 aromatic rings. The number of oxime groups is 1. The van der Waals surface area contributed by atoms with Crippen LogP contribution in [0, 0.1) is 17.8 Å². The number of nitrogens with one attached hydrogen (secondary N) is 2. The average molecular weight is 463 g/mol. The molecule has 162 valence electrons. The summed E-state index contributed by atoms with van der Waals surface area (Å²) in [4.78, 5) is 58.0. The van der Waals surface area contributed by atoms with Gasteiger partial charge < -0.3 is 25.5 Å². The third-order valence-electron chi connectivity index (χ3n) is 4.66. The number of β-lactam (4-membered cyclic amide) rings is 1. The molecule has 0 aliphatic carbocycles. The van der Waals surface area contributed by atoms with Gasteiger partial charge in [0.25, 0.3) is 5.91 Å². The highest BCUT2D eigenvalue weighted by Gasteiger charge is 2.56. The number of aromatic nitrogens is 1. The van der Waals surface area contributed by atoms with Gasteiger partial charge in [-0.3, -0.25) is 19.2 Å². The van der Waals surface area contributed by atoms with Crippen molar-refractivity contribution in [1.29, 1.82) is 0 Å². The molecule has 2 unspecified atom stereocenters. The van der Waals surface area contributed by atoms with Gasteiger partial charge in [0.05, 0.1) is 0 Å². The maximum atomic E-state index is 12.8. The molecule has 3 rings (SSSR count). The summed E-state index contributed by atoms with van der Waals surface area (Å²) in [5, 5.41) is 19.5. The largest absolute Gasteiger partial charge is 0.481 e. The molecule has 2 aliphatic heterocycles. The second kappa shape index (κ2) is 9.19. The lowest BCUT2D eigenvalue weighted by molar-refractivity contribution is -0.156. The van der Waals surface area contributed by atoms with E-state index in [9.17, 15) is 24.3 Å². The lowest BCUT2D eigenvalue weighted by atomic mass is 9.87. The van der Waals surface area contributed by atoms with Crippen molar-refractivity contribution in [3.05, 3.63) is 23.7 Å². The van der Waals surface area contributed by atoms with Gasteiger partial charge in [-0.25, -0.2) is 4.98 Å². The van der Waals surface area contributed by atoms with Crippen molar-refractivity contribution in [3.63, 3.8) is 0 Å². The molecule has 3 amide bonds. The summed E-state index contributed by atoms with van der Waals surface area (Å²) in [7, 11) is 0. The monoisotopic (exact) mass is 463 g/mol. The number of hydrogen-bond acceptors (Lipinski definition) is 9. The first-order valence-electron chi connectivity index (χ1n) is 8.76. The molecular weight excluding hydrogens is 446 g/mol. The Morgan fingerprint density at radius 1 is 1.58 bits per heavy atom. The number of anilines is 1. The van der Waals surface area contributed by atoms with Crippen molar-refractivity contribution in [2.75, 3.05) is 24.2 Å². The van der Waals surface area contributed by atoms with E-state index in [0.717, 1.165) is 11.3 Å². The summed E-state index contributed by atoms with van der Waals surface area (Å²) in [6.07, 6.45) is 6.89. The molecular formula is C18H17N5O6S2. The zero-order valence-corrected chi connectivity index (χ0v) is 17.6. The molecule has 3 atom stereocenters. The van der Waals surface area contributed by atoms with E-state index in [4.69, 9.17) is 11.3 Å². The van der Waals surface area contributed by atoms with Crippen molar-refractivity contribution in [2.45, 2.75) is 11.4 Å². The van der Waals surface area contributed by atoms with E-state index in [0.29, 0.717) is 6.41 Å². The van der Waals surface area contributed by atoms with Gasteiger partial charge in [-0.15, -0.1) is 36.1 Å². The lowest BCUT2D eigenvalue weighted by Gasteiger charge is -2.53. The fourth-order valence-corrected chi connectivity index (χ4v) is 5.17. The zero-order valence-electron chi connectivity index (χ0n) is 15.9. The number of carbonyl (C=O) groups excluding carboxylic acids is 3. The van der Waals surface area contributed by atoms with E-state index in [1.54, 1.807) is 0 Å². The molecule has 2 saturated heterocycles. The van der Waals surface area contributed by atoms with Crippen LogP contribution in [0.2, 0.25) is 0 Å². The van der Waals surface area contributed by atoms with Crippen molar-refractivity contribution in [3.8, 4) is 12.3 Å². The Balaban J connectivity index is 1.74. The molecule has 2 fully saturated rings. The molecule has 13 heteroatoms. The van der Waals surface area contributed by atoms with Crippen LogP contribution in [0.25, 0.3) is 0 Å². The normalized spacial score (nSPS) is 24.8. The topological polar surface area (TPSA) is 150 Å². The van der Waals surface area contributed by atoms with Gasteiger partial charge >= 0.3 is 5.97 Å². The number of hydrogen-bond donors (Lipinski definition) is 3. The Kier molecular flexibility index (Phi) is 6.62. The molecule has 1 aromatic heterocycles. The Morgan fingerprint density at radius 2 is 2.35 bits per heavy atom. The Labute approximate surface area is 184 Å². The van der Waals surface area contributed by atoms with Gasteiger partial charge in [0.1, 0.15) is 22.5 Å². The summed E-state index contributed by atoms with van der Waals surface area (Å²) in [6.45, 7) is 3.38. The third kappa shape index (κ3) is 4.25. The molecule has 3 heterocycles. The maximum Gasteiger partial charge on any atom is 0.316 e. The Hall–Kier alpha value is -3.37. The van der Waals surface area contributed by atoms with Gasteiger partial charge in [-0.1, -0.05) is 17.2 Å². The minimum atomic E-state index is -1.23. The maximum absolute atomic E-state index is 12.8. The predicted octanol–water partition coefficient (Wildman–Crippen LogP) is -0.278. The number of aliphatic carboxylic acids is 1. The van der Waals surface area contributed by atoms with Crippen LogP contribution in [0.4, 0.5) is 5.13 Å². The van der Waals surface area contributed by atoms with Crippen LogP contribution in [-0.2, 0) is 24.0 Å². The smallest absolute Gasteiger partial charge is 0.316 e. The van der Waals surface area contributed by atoms with Gasteiger partial charge in [-0.2, -0.15) is 0 Å². The Bertz CT molecular complexity index is 1000. The van der Waals surface area contributed by atoms with Crippen LogP contribution in [0.1, 0.15) is 5.69 Å². The highest BCUT2D eigenvalue weighted by Crippen LogP contribution is 2.42. The van der Waals surface area contributed by atoms with Crippen LogP contribution in [0.5, 0.6) is 0 Å². The fraction of sp³-hybridized carbons (Fsp3) is 0.333. The highest BCUT2D eigenvalue weighted by molar-refractivity contribution is 8.00. The fourth-order valence-electron chi connectivity index (χ4n) is 2.98. The number of nitrogens with zero attached hydrogens (tertiary/aromatic N) is 3. The summed E-state index contributed by atoms with van der Waals surface area (Å²) >= 11 is 2.31. The van der Waals surface area contributed by atoms with E-state index in [2.05, 4.69) is 33.3 Å². The number of fused-ring (bicyclic) bond motifs is 1. The molecule has 0 aromatic carbocycles. The SMILES string of the molecule is C#CCON=C(C(=O)NC1C(=O)N2CC(C=C)(C(=O)O)CS[C@H]12)c1csc(NC=O)n1. The van der Waals surface area contributed by atoms with Crippen LogP contribution in [0.15, 0.2) is 23.2 Å². The number of thioether (sulfide) groups is 1. The first-order valence-corrected chi connectivity index (χ1v) is 10.7. The van der Waals surface area contributed by atoms with E-state index < -0.39 is 34.6 Å². The van der Waals surface area contributed by atoms with Gasteiger partial charge in [0, 0.05) is 17.7 Å². The number of carboxylic acids is 1. The first kappa shape index (κ1) is 22.3. The van der Waals surface area contributed by atoms with Crippen molar-refractivity contribution >= 4 is 58.1 Å². The minimum absolute atomic E-state index is 0.0201. The molecule has 31 heavy (non-hydrogen) atoms. The number of terminal acetylenes is 1. The van der Waals surface area contributed by atoms with Gasteiger partial charge in [0.2, 0.25) is 12.3 Å². The molecule has 11 nitrogen and oxygen atoms in total. The van der Waals surface area contributed by atoms with Crippen molar-refractivity contribution in [1.82, 2.24) is 15.2 Å². The number of carbonyl (C=O) groups is 4. The average Bonchev–Trinajstić information content (AvgIpc) is 3.22. The van der Waals surface area contributed by atoms with Crippen LogP contribution < -0.4 is 10.6 Å². The summed E-state index contributed by atoms with van der Waals surface area (Å²) in [6, 6.07) is -0.863. The number of rotatable bonds is 9. The molecule has 0 radical (unpaired) electrons. The van der Waals surface area contributed by atoms with Crippen molar-refractivity contribution in [2.24, 2.45) is 10.6 Å². The summed E-state index contributed by atoms with van der Waals surface area (Å²) < 4.78 is 0. The van der Waals surface area contributed by atoms with Gasteiger partial charge in [-0.05, 0) is 0 Å². The van der Waals surface area contributed by atoms with Crippen LogP contribution in [-0.4, -0.2) is 75.2 Å². The quantitative estimate of drug-likeness (QED) is 0.0861. The van der Waals surface area contributed by atoms with Crippen molar-refractivity contribution < 1.29 is 29.1 Å². The van der Waals surface area contributed by atoms with Crippen LogP contribution >= 0.6 is 23.1 Å².